The maximum absolute atomic E-state index is 12.6. The van der Waals surface area contributed by atoms with Crippen LogP contribution in [0, 0.1) is 0 Å². The quantitative estimate of drug-likeness (QED) is 0.816. The molecule has 24 heavy (non-hydrogen) atoms. The van der Waals surface area contributed by atoms with Crippen LogP contribution in [0.5, 0.6) is 0 Å². The summed E-state index contributed by atoms with van der Waals surface area (Å²) < 4.78 is 37.7. The molecule has 4 heteroatoms. The van der Waals surface area contributed by atoms with Crippen molar-refractivity contribution in [2.45, 2.75) is 50.7 Å². The molecule has 0 amide bonds. The zero-order chi connectivity index (χ0) is 17.2. The third-order valence-corrected chi connectivity index (χ3v) is 4.83. The number of hydrogen-bond acceptors (Lipinski definition) is 1. The van der Waals surface area contributed by atoms with Crippen LogP contribution in [0.3, 0.4) is 0 Å². The van der Waals surface area contributed by atoms with Crippen molar-refractivity contribution in [3.63, 3.8) is 0 Å². The molecule has 0 fully saturated rings. The number of nitrogens with two attached hydrogens (primary N) is 1. The normalized spacial score (nSPS) is 15.8. The van der Waals surface area contributed by atoms with Gasteiger partial charge < -0.3 is 5.73 Å². The lowest BCUT2D eigenvalue weighted by Gasteiger charge is -2.19. The van der Waals surface area contributed by atoms with Crippen LogP contribution in [-0.4, -0.2) is 0 Å². The summed E-state index contributed by atoms with van der Waals surface area (Å²) in [7, 11) is 0. The van der Waals surface area contributed by atoms with Crippen molar-refractivity contribution in [2.24, 2.45) is 5.73 Å². The lowest BCUT2D eigenvalue weighted by Crippen LogP contribution is -2.13. The van der Waals surface area contributed by atoms with E-state index in [4.69, 9.17) is 5.73 Å². The van der Waals surface area contributed by atoms with Crippen molar-refractivity contribution in [1.82, 2.24) is 0 Å². The SMILES string of the molecule is N[C@@H](CCc1ccc(C(F)(F)F)cc1)c1ccc2c(c1)CCCC2. The predicted octanol–water partition coefficient (Wildman–Crippen LogP) is 5.22. The van der Waals surface area contributed by atoms with Gasteiger partial charge in [0.1, 0.15) is 0 Å². The van der Waals surface area contributed by atoms with Crippen LogP contribution in [0.4, 0.5) is 13.2 Å². The molecular weight excluding hydrogens is 311 g/mol. The highest BCUT2D eigenvalue weighted by atomic mass is 19.4. The summed E-state index contributed by atoms with van der Waals surface area (Å²) in [5.74, 6) is 0. The Morgan fingerprint density at radius 2 is 1.58 bits per heavy atom. The van der Waals surface area contributed by atoms with Crippen molar-refractivity contribution < 1.29 is 13.2 Å². The number of benzene rings is 2. The minimum Gasteiger partial charge on any atom is -0.324 e. The molecule has 0 aromatic heterocycles. The zero-order valence-electron chi connectivity index (χ0n) is 13.6. The van der Waals surface area contributed by atoms with Gasteiger partial charge in [0, 0.05) is 6.04 Å². The number of aryl methyl sites for hydroxylation is 3. The standard InChI is InChI=1S/C20H22F3N/c21-20(22,23)18-10-5-14(6-11-18)7-12-19(24)17-9-8-15-3-1-2-4-16(15)13-17/h5-6,8-11,13,19H,1-4,7,12,24H2/t19-/m0/s1. The van der Waals surface area contributed by atoms with Gasteiger partial charge in [-0.1, -0.05) is 30.3 Å². The van der Waals surface area contributed by atoms with Crippen molar-refractivity contribution in [3.8, 4) is 0 Å². The lowest BCUT2D eigenvalue weighted by molar-refractivity contribution is -0.137. The summed E-state index contributed by atoms with van der Waals surface area (Å²) in [6, 6.07) is 11.8. The minimum atomic E-state index is -4.28. The fraction of sp³-hybridized carbons (Fsp3) is 0.400. The molecule has 1 aliphatic rings. The summed E-state index contributed by atoms with van der Waals surface area (Å²) in [5, 5.41) is 0. The number of halogens is 3. The van der Waals surface area contributed by atoms with Crippen LogP contribution >= 0.6 is 0 Å². The highest BCUT2D eigenvalue weighted by Crippen LogP contribution is 2.30. The van der Waals surface area contributed by atoms with Crippen LogP contribution < -0.4 is 5.73 Å². The first-order valence-corrected chi connectivity index (χ1v) is 8.47. The Hall–Kier alpha value is -1.81. The molecule has 0 saturated carbocycles. The van der Waals surface area contributed by atoms with E-state index in [2.05, 4.69) is 18.2 Å². The first-order chi connectivity index (χ1) is 11.4. The van der Waals surface area contributed by atoms with E-state index >= 15 is 0 Å². The molecule has 0 heterocycles. The highest BCUT2D eigenvalue weighted by molar-refractivity contribution is 5.35. The van der Waals surface area contributed by atoms with E-state index in [0.29, 0.717) is 6.42 Å². The fourth-order valence-electron chi connectivity index (χ4n) is 3.33. The maximum atomic E-state index is 12.6. The highest BCUT2D eigenvalue weighted by Gasteiger charge is 2.29. The minimum absolute atomic E-state index is 0.0838. The van der Waals surface area contributed by atoms with E-state index < -0.39 is 11.7 Å². The number of hydrogen-bond donors (Lipinski definition) is 1. The Balaban J connectivity index is 1.62. The molecule has 1 atom stereocenters. The van der Waals surface area contributed by atoms with E-state index in [-0.39, 0.29) is 6.04 Å². The van der Waals surface area contributed by atoms with Gasteiger partial charge in [-0.2, -0.15) is 13.2 Å². The molecule has 3 rings (SSSR count). The van der Waals surface area contributed by atoms with Gasteiger partial charge >= 0.3 is 6.18 Å². The van der Waals surface area contributed by atoms with Crippen molar-refractivity contribution >= 4 is 0 Å². The Labute approximate surface area is 140 Å². The van der Waals surface area contributed by atoms with E-state index in [0.717, 1.165) is 42.5 Å². The van der Waals surface area contributed by atoms with E-state index in [9.17, 15) is 13.2 Å². The Morgan fingerprint density at radius 1 is 0.917 bits per heavy atom. The van der Waals surface area contributed by atoms with Crippen LogP contribution in [0.1, 0.15) is 53.1 Å². The van der Waals surface area contributed by atoms with Gasteiger partial charge in [0.05, 0.1) is 5.56 Å². The van der Waals surface area contributed by atoms with Gasteiger partial charge in [-0.15, -0.1) is 0 Å². The molecule has 2 N–H and O–H groups in total. The predicted molar refractivity (Wildman–Crippen MR) is 89.8 cm³/mol. The molecule has 128 valence electrons. The van der Waals surface area contributed by atoms with Crippen molar-refractivity contribution in [3.05, 3.63) is 70.3 Å². The summed E-state index contributed by atoms with van der Waals surface area (Å²) in [6.07, 6.45) is 1.88. The van der Waals surface area contributed by atoms with Crippen LogP contribution in [-0.2, 0) is 25.4 Å². The summed E-state index contributed by atoms with van der Waals surface area (Å²) >= 11 is 0. The lowest BCUT2D eigenvalue weighted by atomic mass is 9.88. The molecule has 1 nitrogen and oxygen atoms in total. The van der Waals surface area contributed by atoms with Crippen LogP contribution in [0.25, 0.3) is 0 Å². The molecule has 0 spiro atoms. The second kappa shape index (κ2) is 6.98. The van der Waals surface area contributed by atoms with Gasteiger partial charge in [0.15, 0.2) is 0 Å². The number of rotatable bonds is 4. The topological polar surface area (TPSA) is 26.0 Å². The van der Waals surface area contributed by atoms with E-state index in [1.54, 1.807) is 12.1 Å². The molecule has 2 aromatic carbocycles. The van der Waals surface area contributed by atoms with E-state index in [1.807, 2.05) is 0 Å². The molecular formula is C20H22F3N. The Kier molecular flexibility index (Phi) is 4.95. The van der Waals surface area contributed by atoms with Crippen LogP contribution in [0.15, 0.2) is 42.5 Å². The first-order valence-electron chi connectivity index (χ1n) is 8.47. The maximum Gasteiger partial charge on any atom is 0.416 e. The second-order valence-corrected chi connectivity index (χ2v) is 6.58. The first kappa shape index (κ1) is 17.0. The van der Waals surface area contributed by atoms with Gasteiger partial charge in [-0.05, 0) is 72.9 Å². The summed E-state index contributed by atoms with van der Waals surface area (Å²) in [6.45, 7) is 0. The van der Waals surface area contributed by atoms with Gasteiger partial charge in [0.2, 0.25) is 0 Å². The molecule has 0 bridgehead atoms. The van der Waals surface area contributed by atoms with Gasteiger partial charge in [-0.3, -0.25) is 0 Å². The molecule has 0 unspecified atom stereocenters. The Morgan fingerprint density at radius 3 is 2.25 bits per heavy atom. The average Bonchev–Trinajstić information content (AvgIpc) is 2.59. The van der Waals surface area contributed by atoms with Gasteiger partial charge in [0.25, 0.3) is 0 Å². The summed E-state index contributed by atoms with van der Waals surface area (Å²) in [4.78, 5) is 0. The average molecular weight is 333 g/mol. The third-order valence-electron chi connectivity index (χ3n) is 4.83. The number of fused-ring (bicyclic) bond motifs is 1. The fourth-order valence-corrected chi connectivity index (χ4v) is 3.33. The summed E-state index contributed by atoms with van der Waals surface area (Å²) in [5.41, 5.74) is 10.5. The largest absolute Gasteiger partial charge is 0.416 e. The van der Waals surface area contributed by atoms with E-state index in [1.165, 1.54) is 24.0 Å². The molecule has 1 aliphatic carbocycles. The zero-order valence-corrected chi connectivity index (χ0v) is 13.6. The number of alkyl halides is 3. The third kappa shape index (κ3) is 3.99. The molecule has 2 aromatic rings. The molecule has 0 radical (unpaired) electrons. The smallest absolute Gasteiger partial charge is 0.324 e. The van der Waals surface area contributed by atoms with Crippen molar-refractivity contribution in [2.75, 3.05) is 0 Å². The monoisotopic (exact) mass is 333 g/mol. The van der Waals surface area contributed by atoms with Crippen LogP contribution in [0.2, 0.25) is 0 Å². The molecule has 0 aliphatic heterocycles. The van der Waals surface area contributed by atoms with Gasteiger partial charge in [-0.25, -0.2) is 0 Å². The molecule has 0 saturated heterocycles. The Bertz CT molecular complexity index is 689. The van der Waals surface area contributed by atoms with Crippen molar-refractivity contribution in [1.29, 1.82) is 0 Å². The second-order valence-electron chi connectivity index (χ2n) is 6.58.